The molecule has 0 atom stereocenters. The van der Waals surface area contributed by atoms with Gasteiger partial charge in [0.2, 0.25) is 11.8 Å². The third kappa shape index (κ3) is 6.58. The molecule has 2 aromatic rings. The van der Waals surface area contributed by atoms with Gasteiger partial charge < -0.3 is 20.4 Å². The zero-order valence-electron chi connectivity index (χ0n) is 18.5. The molecule has 0 radical (unpaired) electrons. The van der Waals surface area contributed by atoms with Crippen molar-refractivity contribution in [3.8, 4) is 0 Å². The molecule has 0 unspecified atom stereocenters. The van der Waals surface area contributed by atoms with E-state index in [4.69, 9.17) is 11.6 Å². The van der Waals surface area contributed by atoms with Crippen LogP contribution in [0.2, 0.25) is 5.02 Å². The normalized spacial score (nSPS) is 14.2. The second kappa shape index (κ2) is 12.0. The Morgan fingerprint density at radius 1 is 1.31 bits per heavy atom. The summed E-state index contributed by atoms with van der Waals surface area (Å²) >= 11 is 6.10. The number of aromatic nitrogens is 2. The first-order valence-corrected chi connectivity index (χ1v) is 10.6. The van der Waals surface area contributed by atoms with Crippen LogP contribution in [0.1, 0.15) is 18.9 Å². The smallest absolute Gasteiger partial charge is 0.246 e. The van der Waals surface area contributed by atoms with E-state index in [0.717, 1.165) is 11.3 Å². The third-order valence-corrected chi connectivity index (χ3v) is 5.41. The number of nitrogens with zero attached hydrogens (tertiary/aromatic N) is 5. The van der Waals surface area contributed by atoms with Gasteiger partial charge in [-0.25, -0.2) is 0 Å². The molecule has 2 N–H and O–H groups in total. The number of hydrogen-bond donors (Lipinski definition) is 2. The van der Waals surface area contributed by atoms with Gasteiger partial charge in [0.15, 0.2) is 5.96 Å². The van der Waals surface area contributed by atoms with Gasteiger partial charge in [0.1, 0.15) is 6.54 Å². The Hall–Kier alpha value is -2.34. The predicted octanol–water partition coefficient (Wildman–Crippen LogP) is 2.64. The van der Waals surface area contributed by atoms with Gasteiger partial charge in [-0.2, -0.15) is 5.10 Å². The van der Waals surface area contributed by atoms with Crippen molar-refractivity contribution in [2.45, 2.75) is 20.3 Å². The summed E-state index contributed by atoms with van der Waals surface area (Å²) in [7, 11) is 1.82. The van der Waals surface area contributed by atoms with Crippen molar-refractivity contribution in [3.05, 3.63) is 41.2 Å². The van der Waals surface area contributed by atoms with E-state index < -0.39 is 0 Å². The molecule has 2 amide bonds. The van der Waals surface area contributed by atoms with Crippen LogP contribution in [0.3, 0.4) is 0 Å². The Balaban J connectivity index is 0.00000363. The minimum absolute atomic E-state index is 0. The van der Waals surface area contributed by atoms with E-state index >= 15 is 0 Å². The van der Waals surface area contributed by atoms with Crippen LogP contribution in [0.5, 0.6) is 0 Å². The maximum atomic E-state index is 12.7. The lowest BCUT2D eigenvalue weighted by molar-refractivity contribution is -0.120. The van der Waals surface area contributed by atoms with Gasteiger partial charge in [-0.15, -0.1) is 24.0 Å². The summed E-state index contributed by atoms with van der Waals surface area (Å²) < 4.78 is 1.68. The average molecular weight is 574 g/mol. The molecule has 1 aliphatic rings. The second-order valence-electron chi connectivity index (χ2n) is 7.29. The molecular formula is C21H29ClIN7O2. The van der Waals surface area contributed by atoms with Crippen LogP contribution >= 0.6 is 35.6 Å². The van der Waals surface area contributed by atoms with Crippen LogP contribution in [-0.4, -0.2) is 65.2 Å². The molecular weight excluding hydrogens is 545 g/mol. The maximum absolute atomic E-state index is 12.7. The number of nitrogens with one attached hydrogen (secondary N) is 2. The van der Waals surface area contributed by atoms with Gasteiger partial charge >= 0.3 is 0 Å². The number of guanidine groups is 1. The molecule has 1 saturated heterocycles. The van der Waals surface area contributed by atoms with Crippen LogP contribution in [0.25, 0.3) is 0 Å². The molecule has 0 saturated carbocycles. The molecule has 0 aliphatic carbocycles. The zero-order chi connectivity index (χ0) is 22.4. The van der Waals surface area contributed by atoms with E-state index in [1.807, 2.05) is 38.1 Å². The number of anilines is 2. The van der Waals surface area contributed by atoms with Crippen molar-refractivity contribution < 1.29 is 9.59 Å². The maximum Gasteiger partial charge on any atom is 0.246 e. The van der Waals surface area contributed by atoms with Crippen LogP contribution in [0.15, 0.2) is 35.6 Å². The molecule has 1 aliphatic heterocycles. The average Bonchev–Trinajstić information content (AvgIpc) is 3.16. The van der Waals surface area contributed by atoms with Gasteiger partial charge in [0.05, 0.1) is 18.4 Å². The summed E-state index contributed by atoms with van der Waals surface area (Å²) in [6.45, 7) is 6.21. The molecule has 0 spiro atoms. The number of aryl methyl sites for hydroxylation is 1. The van der Waals surface area contributed by atoms with Crippen LogP contribution in [0, 0.1) is 6.92 Å². The minimum Gasteiger partial charge on any atom is -0.357 e. The molecule has 3 rings (SSSR count). The quantitative estimate of drug-likeness (QED) is 0.315. The second-order valence-corrected chi connectivity index (χ2v) is 7.69. The lowest BCUT2D eigenvalue weighted by Gasteiger charge is -2.35. The van der Waals surface area contributed by atoms with Gasteiger partial charge in [-0.05, 0) is 31.5 Å². The molecule has 174 valence electrons. The Morgan fingerprint density at radius 2 is 2.09 bits per heavy atom. The van der Waals surface area contributed by atoms with Crippen LogP contribution < -0.4 is 15.5 Å². The fourth-order valence-corrected chi connectivity index (χ4v) is 3.49. The summed E-state index contributed by atoms with van der Waals surface area (Å²) in [6.07, 6.45) is 3.74. The van der Waals surface area contributed by atoms with E-state index in [9.17, 15) is 9.59 Å². The first-order chi connectivity index (χ1) is 14.9. The third-order valence-electron chi connectivity index (χ3n) is 5.00. The van der Waals surface area contributed by atoms with E-state index in [2.05, 4.69) is 20.7 Å². The zero-order valence-corrected chi connectivity index (χ0v) is 21.6. The summed E-state index contributed by atoms with van der Waals surface area (Å²) in [5, 5.41) is 10.8. The van der Waals surface area contributed by atoms with E-state index in [0.29, 0.717) is 42.8 Å². The molecule has 2 heterocycles. The standard InChI is InChI=1S/C21H28ClN7O2.HI/c1-4-23-21(24-9-8-19(30)26-18-7-5-6-17(22)15(18)2)28-10-11-29(20(31)14-28)16-12-25-27(3)13-16;/h5-7,12-13H,4,8-11,14H2,1-3H3,(H,23,24)(H,26,30);1H. The van der Waals surface area contributed by atoms with Crippen molar-refractivity contribution in [2.75, 3.05) is 42.9 Å². The number of piperazine rings is 1. The highest BCUT2D eigenvalue weighted by atomic mass is 127. The number of carbonyl (C=O) groups excluding carboxylic acids is 2. The number of amides is 2. The van der Waals surface area contributed by atoms with Crippen molar-refractivity contribution in [2.24, 2.45) is 12.0 Å². The van der Waals surface area contributed by atoms with E-state index in [1.165, 1.54) is 0 Å². The summed E-state index contributed by atoms with van der Waals surface area (Å²) in [5.74, 6) is 0.481. The van der Waals surface area contributed by atoms with E-state index in [-0.39, 0.29) is 48.8 Å². The van der Waals surface area contributed by atoms with Gasteiger partial charge in [0.25, 0.3) is 0 Å². The number of carbonyl (C=O) groups is 2. The van der Waals surface area contributed by atoms with E-state index in [1.54, 1.807) is 27.9 Å². The van der Waals surface area contributed by atoms with Crippen LogP contribution in [0.4, 0.5) is 11.4 Å². The van der Waals surface area contributed by atoms with Crippen molar-refractivity contribution >= 4 is 64.7 Å². The fraction of sp³-hybridized carbons (Fsp3) is 0.429. The lowest BCUT2D eigenvalue weighted by atomic mass is 10.2. The Labute approximate surface area is 210 Å². The summed E-state index contributed by atoms with van der Waals surface area (Å²) in [5.41, 5.74) is 2.33. The molecule has 32 heavy (non-hydrogen) atoms. The summed E-state index contributed by atoms with van der Waals surface area (Å²) in [6, 6.07) is 5.41. The van der Waals surface area contributed by atoms with Gasteiger partial charge in [0, 0.05) is 50.0 Å². The molecule has 0 bridgehead atoms. The predicted molar refractivity (Wildman–Crippen MR) is 138 cm³/mol. The number of rotatable bonds is 6. The number of benzene rings is 1. The topological polar surface area (TPSA) is 94.9 Å². The number of halogens is 2. The fourth-order valence-electron chi connectivity index (χ4n) is 3.32. The van der Waals surface area contributed by atoms with Crippen molar-refractivity contribution in [1.82, 2.24) is 20.0 Å². The molecule has 11 heteroatoms. The molecule has 1 aromatic heterocycles. The highest BCUT2D eigenvalue weighted by molar-refractivity contribution is 14.0. The molecule has 9 nitrogen and oxygen atoms in total. The van der Waals surface area contributed by atoms with Crippen LogP contribution in [-0.2, 0) is 16.6 Å². The number of aliphatic imine (C=N–C) groups is 1. The van der Waals surface area contributed by atoms with Gasteiger partial charge in [-0.3, -0.25) is 19.3 Å². The highest BCUT2D eigenvalue weighted by Gasteiger charge is 2.27. The lowest BCUT2D eigenvalue weighted by Crippen LogP contribution is -2.55. The van der Waals surface area contributed by atoms with Gasteiger partial charge in [-0.1, -0.05) is 17.7 Å². The van der Waals surface area contributed by atoms with Crippen molar-refractivity contribution in [3.63, 3.8) is 0 Å². The SMILES string of the molecule is CCNC(=NCCC(=O)Nc1cccc(Cl)c1C)N1CCN(c2cnn(C)c2)C(=O)C1.I. The highest BCUT2D eigenvalue weighted by Crippen LogP contribution is 2.23. The minimum atomic E-state index is -0.137. The Bertz CT molecular complexity index is 979. The molecule has 1 fully saturated rings. The summed E-state index contributed by atoms with van der Waals surface area (Å²) in [4.78, 5) is 33.2. The molecule has 1 aromatic carbocycles. The monoisotopic (exact) mass is 573 g/mol. The largest absolute Gasteiger partial charge is 0.357 e. The Kier molecular flexibility index (Phi) is 9.76. The van der Waals surface area contributed by atoms with Crippen molar-refractivity contribution in [1.29, 1.82) is 0 Å². The first-order valence-electron chi connectivity index (χ1n) is 10.3. The Morgan fingerprint density at radius 3 is 2.75 bits per heavy atom. The number of hydrogen-bond acceptors (Lipinski definition) is 4. The first kappa shape index (κ1) is 25.9.